The quantitative estimate of drug-likeness (QED) is 0.591. The molecular formula is C23H22N2O5. The fraction of sp³-hybridized carbons (Fsp3) is 0.130. The molecule has 0 heterocycles. The summed E-state index contributed by atoms with van der Waals surface area (Å²) in [6.07, 6.45) is 0. The van der Waals surface area contributed by atoms with Crippen LogP contribution in [0.25, 0.3) is 0 Å². The van der Waals surface area contributed by atoms with Gasteiger partial charge in [0.15, 0.2) is 18.1 Å². The number of nitrogens with one attached hydrogen (secondary N) is 2. The molecule has 0 saturated heterocycles. The highest BCUT2D eigenvalue weighted by molar-refractivity contribution is 6.10. The van der Waals surface area contributed by atoms with Crippen molar-refractivity contribution in [2.45, 2.75) is 0 Å². The van der Waals surface area contributed by atoms with Gasteiger partial charge in [0, 0.05) is 5.69 Å². The molecule has 0 atom stereocenters. The highest BCUT2D eigenvalue weighted by Gasteiger charge is 2.14. The summed E-state index contributed by atoms with van der Waals surface area (Å²) in [5.74, 6) is 0.938. The van der Waals surface area contributed by atoms with Gasteiger partial charge in [-0.05, 0) is 48.5 Å². The number of ether oxygens (including phenoxy) is 3. The van der Waals surface area contributed by atoms with Crippen LogP contribution in [-0.4, -0.2) is 32.6 Å². The molecule has 7 heteroatoms. The predicted molar refractivity (Wildman–Crippen MR) is 115 cm³/mol. The van der Waals surface area contributed by atoms with E-state index in [9.17, 15) is 9.59 Å². The number of amides is 2. The molecule has 0 aromatic heterocycles. The van der Waals surface area contributed by atoms with Crippen molar-refractivity contribution in [2.75, 3.05) is 31.5 Å². The maximum atomic E-state index is 12.7. The second kappa shape index (κ2) is 9.97. The molecule has 3 rings (SSSR count). The van der Waals surface area contributed by atoms with E-state index < -0.39 is 5.91 Å². The molecule has 3 aromatic carbocycles. The number of carbonyl (C=O) groups is 2. The van der Waals surface area contributed by atoms with Crippen LogP contribution in [0.1, 0.15) is 10.4 Å². The maximum absolute atomic E-state index is 12.7. The molecule has 30 heavy (non-hydrogen) atoms. The minimum absolute atomic E-state index is 0.227. The molecule has 0 aliphatic rings. The first-order valence-electron chi connectivity index (χ1n) is 9.21. The third kappa shape index (κ3) is 5.29. The van der Waals surface area contributed by atoms with Gasteiger partial charge in [-0.25, -0.2) is 0 Å². The lowest BCUT2D eigenvalue weighted by Crippen LogP contribution is -2.23. The first kappa shape index (κ1) is 20.7. The number of carbonyl (C=O) groups excluding carboxylic acids is 2. The zero-order chi connectivity index (χ0) is 21.3. The average Bonchev–Trinajstić information content (AvgIpc) is 2.78. The van der Waals surface area contributed by atoms with Crippen molar-refractivity contribution in [3.05, 3.63) is 78.4 Å². The van der Waals surface area contributed by atoms with Crippen molar-refractivity contribution >= 4 is 23.2 Å². The predicted octanol–water partition coefficient (Wildman–Crippen LogP) is 3.97. The Bertz CT molecular complexity index is 1020. The molecule has 2 amide bonds. The van der Waals surface area contributed by atoms with Crippen molar-refractivity contribution in [1.29, 1.82) is 0 Å². The SMILES string of the molecule is COc1ccc(NC(=O)c2ccccc2NC(=O)COc2ccccc2OC)cc1. The summed E-state index contributed by atoms with van der Waals surface area (Å²) in [5.41, 5.74) is 1.33. The topological polar surface area (TPSA) is 85.9 Å². The van der Waals surface area contributed by atoms with E-state index in [-0.39, 0.29) is 12.5 Å². The zero-order valence-corrected chi connectivity index (χ0v) is 16.7. The zero-order valence-electron chi connectivity index (χ0n) is 16.7. The summed E-state index contributed by atoms with van der Waals surface area (Å²) in [5, 5.41) is 5.52. The largest absolute Gasteiger partial charge is 0.497 e. The first-order chi connectivity index (χ1) is 14.6. The molecule has 0 fully saturated rings. The number of methoxy groups -OCH3 is 2. The monoisotopic (exact) mass is 406 g/mol. The summed E-state index contributed by atoms with van der Waals surface area (Å²) < 4.78 is 15.8. The summed E-state index contributed by atoms with van der Waals surface area (Å²) >= 11 is 0. The minimum Gasteiger partial charge on any atom is -0.497 e. The molecule has 0 aliphatic carbocycles. The van der Waals surface area contributed by atoms with E-state index in [1.54, 1.807) is 73.8 Å². The Morgan fingerprint density at radius 2 is 1.43 bits per heavy atom. The van der Waals surface area contributed by atoms with E-state index in [4.69, 9.17) is 14.2 Å². The number of hydrogen-bond donors (Lipinski definition) is 2. The van der Waals surface area contributed by atoms with Crippen LogP contribution in [0.4, 0.5) is 11.4 Å². The van der Waals surface area contributed by atoms with Crippen LogP contribution < -0.4 is 24.8 Å². The van der Waals surface area contributed by atoms with Gasteiger partial charge in [0.1, 0.15) is 5.75 Å². The summed E-state index contributed by atoms with van der Waals surface area (Å²) in [6, 6.07) is 20.8. The van der Waals surface area contributed by atoms with Crippen LogP contribution in [-0.2, 0) is 4.79 Å². The standard InChI is InChI=1S/C23H22N2O5/c1-28-17-13-11-16(12-14-17)24-23(27)18-7-3-4-8-19(18)25-22(26)15-30-21-10-6-5-9-20(21)29-2/h3-14H,15H2,1-2H3,(H,24,27)(H,25,26). The molecule has 0 aliphatic heterocycles. The van der Waals surface area contributed by atoms with E-state index in [2.05, 4.69) is 10.6 Å². The van der Waals surface area contributed by atoms with Crippen molar-refractivity contribution in [3.8, 4) is 17.2 Å². The molecule has 0 radical (unpaired) electrons. The van der Waals surface area contributed by atoms with E-state index in [1.807, 2.05) is 6.07 Å². The van der Waals surface area contributed by atoms with Crippen molar-refractivity contribution < 1.29 is 23.8 Å². The Hall–Kier alpha value is -4.00. The van der Waals surface area contributed by atoms with Crippen LogP contribution in [0.15, 0.2) is 72.8 Å². The molecule has 0 saturated carbocycles. The number of anilines is 2. The molecule has 3 aromatic rings. The first-order valence-corrected chi connectivity index (χ1v) is 9.21. The highest BCUT2D eigenvalue weighted by atomic mass is 16.5. The van der Waals surface area contributed by atoms with Crippen molar-refractivity contribution in [2.24, 2.45) is 0 Å². The number of benzene rings is 3. The maximum Gasteiger partial charge on any atom is 0.262 e. The molecule has 7 nitrogen and oxygen atoms in total. The summed E-state index contributed by atoms with van der Waals surface area (Å²) in [4.78, 5) is 25.1. The third-order valence-electron chi connectivity index (χ3n) is 4.22. The van der Waals surface area contributed by atoms with Gasteiger partial charge in [-0.2, -0.15) is 0 Å². The lowest BCUT2D eigenvalue weighted by molar-refractivity contribution is -0.118. The van der Waals surface area contributed by atoms with Gasteiger partial charge in [-0.3, -0.25) is 9.59 Å². The minimum atomic E-state index is -0.398. The lowest BCUT2D eigenvalue weighted by atomic mass is 10.1. The molecule has 2 N–H and O–H groups in total. The van der Waals surface area contributed by atoms with Gasteiger partial charge in [0.25, 0.3) is 11.8 Å². The van der Waals surface area contributed by atoms with Gasteiger partial charge in [-0.15, -0.1) is 0 Å². The Balaban J connectivity index is 1.65. The van der Waals surface area contributed by atoms with Gasteiger partial charge in [-0.1, -0.05) is 24.3 Å². The molecule has 0 spiro atoms. The number of para-hydroxylation sites is 3. The number of hydrogen-bond acceptors (Lipinski definition) is 5. The van der Waals surface area contributed by atoms with Gasteiger partial charge >= 0.3 is 0 Å². The molecule has 154 valence electrons. The van der Waals surface area contributed by atoms with Crippen molar-refractivity contribution in [3.63, 3.8) is 0 Å². The Labute approximate surface area is 174 Å². The fourth-order valence-electron chi connectivity index (χ4n) is 2.73. The van der Waals surface area contributed by atoms with E-state index >= 15 is 0 Å². The smallest absolute Gasteiger partial charge is 0.262 e. The van der Waals surface area contributed by atoms with Crippen LogP contribution >= 0.6 is 0 Å². The second-order valence-electron chi connectivity index (χ2n) is 6.22. The average molecular weight is 406 g/mol. The van der Waals surface area contributed by atoms with Crippen LogP contribution in [0, 0.1) is 0 Å². The Morgan fingerprint density at radius 3 is 2.13 bits per heavy atom. The highest BCUT2D eigenvalue weighted by Crippen LogP contribution is 2.26. The van der Waals surface area contributed by atoms with Crippen LogP contribution in [0.2, 0.25) is 0 Å². The van der Waals surface area contributed by atoms with Gasteiger partial charge in [0.05, 0.1) is 25.5 Å². The van der Waals surface area contributed by atoms with E-state index in [0.717, 1.165) is 0 Å². The normalized spacial score (nSPS) is 10.1. The van der Waals surface area contributed by atoms with Gasteiger partial charge < -0.3 is 24.8 Å². The fourth-order valence-corrected chi connectivity index (χ4v) is 2.73. The third-order valence-corrected chi connectivity index (χ3v) is 4.22. The molecule has 0 bridgehead atoms. The Kier molecular flexibility index (Phi) is 6.89. The molecule has 0 unspecified atom stereocenters. The second-order valence-corrected chi connectivity index (χ2v) is 6.22. The van der Waals surface area contributed by atoms with Gasteiger partial charge in [0.2, 0.25) is 0 Å². The Morgan fingerprint density at radius 1 is 0.767 bits per heavy atom. The molecular weight excluding hydrogens is 384 g/mol. The summed E-state index contributed by atoms with van der Waals surface area (Å²) in [6.45, 7) is -0.227. The lowest BCUT2D eigenvalue weighted by Gasteiger charge is -2.13. The summed E-state index contributed by atoms with van der Waals surface area (Å²) in [7, 11) is 3.10. The van der Waals surface area contributed by atoms with Crippen molar-refractivity contribution in [1.82, 2.24) is 0 Å². The van der Waals surface area contributed by atoms with E-state index in [1.165, 1.54) is 7.11 Å². The number of rotatable bonds is 8. The van der Waals surface area contributed by atoms with Crippen LogP contribution in [0.3, 0.4) is 0 Å². The van der Waals surface area contributed by atoms with Crippen LogP contribution in [0.5, 0.6) is 17.2 Å². The van der Waals surface area contributed by atoms with E-state index in [0.29, 0.717) is 34.2 Å².